The van der Waals surface area contributed by atoms with Crippen molar-refractivity contribution in [1.82, 2.24) is 0 Å². The summed E-state index contributed by atoms with van der Waals surface area (Å²) in [6.07, 6.45) is -0.849. The number of esters is 1. The monoisotopic (exact) mass is 376 g/mol. The highest BCUT2D eigenvalue weighted by Crippen LogP contribution is 2.48. The van der Waals surface area contributed by atoms with Gasteiger partial charge in [0.05, 0.1) is 6.61 Å². The van der Waals surface area contributed by atoms with Gasteiger partial charge in [0.15, 0.2) is 22.7 Å². The van der Waals surface area contributed by atoms with Gasteiger partial charge < -0.3 is 30.1 Å². The number of ether oxygens (including phenoxy) is 1. The highest BCUT2D eigenvalue weighted by atomic mass is 17.1. The fourth-order valence-corrected chi connectivity index (χ4v) is 2.41. The average Bonchev–Trinajstić information content (AvgIpc) is 2.62. The van der Waals surface area contributed by atoms with Crippen LogP contribution in [0, 0.1) is 11.3 Å². The van der Waals surface area contributed by atoms with Gasteiger partial charge in [-0.25, -0.2) is 14.4 Å². The van der Waals surface area contributed by atoms with E-state index < -0.39 is 65.3 Å². The fraction of sp³-hybridized carbons (Fsp3) is 0.357. The zero-order chi connectivity index (χ0) is 20.2. The van der Waals surface area contributed by atoms with E-state index in [0.717, 1.165) is 0 Å². The summed E-state index contributed by atoms with van der Waals surface area (Å²) in [4.78, 5) is 42.3. The molecule has 0 heterocycles. The van der Waals surface area contributed by atoms with Crippen LogP contribution in [-0.2, 0) is 28.9 Å². The van der Waals surface area contributed by atoms with E-state index in [4.69, 9.17) is 15.3 Å². The average molecular weight is 376 g/mol. The Hall–Kier alpha value is -3.25. The largest absolute Gasteiger partial charge is 0.507 e. The van der Waals surface area contributed by atoms with Crippen LogP contribution in [0.2, 0.25) is 0 Å². The lowest BCUT2D eigenvalue weighted by molar-refractivity contribution is -0.258. The molecule has 0 spiro atoms. The predicted octanol–water partition coefficient (Wildman–Crippen LogP) is 0.800. The number of carbonyl (C=O) groups excluding carboxylic acids is 3. The SMILES string of the molecule is C=C(C)C(=O)OCCC1(C(=O)OO)C(O)=C(O)C(O)=C(O)C1C(=O)OO. The van der Waals surface area contributed by atoms with Crippen molar-refractivity contribution >= 4 is 17.9 Å². The van der Waals surface area contributed by atoms with Crippen LogP contribution < -0.4 is 0 Å². The molecule has 0 amide bonds. The van der Waals surface area contributed by atoms with Crippen LogP contribution in [0.4, 0.5) is 0 Å². The smallest absolute Gasteiger partial charge is 0.357 e. The highest BCUT2D eigenvalue weighted by molar-refractivity contribution is 5.90. The van der Waals surface area contributed by atoms with E-state index in [1.165, 1.54) is 6.92 Å². The lowest BCUT2D eigenvalue weighted by Gasteiger charge is -2.36. The molecule has 0 saturated carbocycles. The summed E-state index contributed by atoms with van der Waals surface area (Å²) in [5.74, 6) is -12.4. The van der Waals surface area contributed by atoms with Crippen LogP contribution in [0.5, 0.6) is 0 Å². The first-order chi connectivity index (χ1) is 12.1. The first-order valence-electron chi connectivity index (χ1n) is 6.85. The van der Waals surface area contributed by atoms with Crippen LogP contribution in [-0.4, -0.2) is 55.5 Å². The van der Waals surface area contributed by atoms with Crippen LogP contribution in [0.15, 0.2) is 35.2 Å². The number of hydrogen-bond acceptors (Lipinski definition) is 12. The van der Waals surface area contributed by atoms with Crippen molar-refractivity contribution in [3.05, 3.63) is 35.2 Å². The molecule has 2 atom stereocenters. The van der Waals surface area contributed by atoms with Gasteiger partial charge in [-0.2, -0.15) is 10.5 Å². The summed E-state index contributed by atoms with van der Waals surface area (Å²) >= 11 is 0. The molecule has 0 aromatic carbocycles. The molecule has 144 valence electrons. The maximum Gasteiger partial charge on any atom is 0.357 e. The van der Waals surface area contributed by atoms with Gasteiger partial charge in [-0.1, -0.05) is 6.58 Å². The minimum atomic E-state index is -2.80. The molecule has 12 nitrogen and oxygen atoms in total. The van der Waals surface area contributed by atoms with Crippen LogP contribution in [0.1, 0.15) is 13.3 Å². The molecular weight excluding hydrogens is 360 g/mol. The van der Waals surface area contributed by atoms with Crippen molar-refractivity contribution in [3.8, 4) is 0 Å². The van der Waals surface area contributed by atoms with Crippen LogP contribution in [0.25, 0.3) is 0 Å². The molecule has 1 aliphatic carbocycles. The molecule has 6 N–H and O–H groups in total. The lowest BCUT2D eigenvalue weighted by atomic mass is 9.67. The van der Waals surface area contributed by atoms with Crippen molar-refractivity contribution in [3.63, 3.8) is 0 Å². The Balaban J connectivity index is 3.48. The second-order valence-electron chi connectivity index (χ2n) is 5.29. The Morgan fingerprint density at radius 3 is 2.12 bits per heavy atom. The molecular formula is C14H16O12. The summed E-state index contributed by atoms with van der Waals surface area (Å²) in [7, 11) is 0. The van der Waals surface area contributed by atoms with Gasteiger partial charge in [0, 0.05) is 12.0 Å². The number of rotatable bonds is 6. The van der Waals surface area contributed by atoms with Crippen LogP contribution in [0.3, 0.4) is 0 Å². The molecule has 12 heteroatoms. The third-order valence-corrected chi connectivity index (χ3v) is 3.73. The Labute approximate surface area is 145 Å². The molecule has 2 unspecified atom stereocenters. The zero-order valence-electron chi connectivity index (χ0n) is 13.3. The molecule has 0 saturated heterocycles. The summed E-state index contributed by atoms with van der Waals surface area (Å²) in [6, 6.07) is 0. The van der Waals surface area contributed by atoms with Crippen molar-refractivity contribution < 1.29 is 59.8 Å². The van der Waals surface area contributed by atoms with E-state index in [0.29, 0.717) is 0 Å². The minimum Gasteiger partial charge on any atom is -0.507 e. The lowest BCUT2D eigenvalue weighted by Crippen LogP contribution is -2.50. The van der Waals surface area contributed by atoms with Crippen molar-refractivity contribution in [2.45, 2.75) is 13.3 Å². The Morgan fingerprint density at radius 2 is 1.65 bits per heavy atom. The summed E-state index contributed by atoms with van der Waals surface area (Å²) in [6.45, 7) is 3.90. The minimum absolute atomic E-state index is 0.0262. The van der Waals surface area contributed by atoms with E-state index in [1.54, 1.807) is 0 Å². The number of aliphatic hydroxyl groups is 4. The second-order valence-corrected chi connectivity index (χ2v) is 5.29. The third-order valence-electron chi connectivity index (χ3n) is 3.73. The molecule has 1 rings (SSSR count). The van der Waals surface area contributed by atoms with E-state index >= 15 is 0 Å². The van der Waals surface area contributed by atoms with Gasteiger partial charge in [0.1, 0.15) is 5.92 Å². The molecule has 0 aliphatic heterocycles. The first kappa shape index (κ1) is 20.8. The molecule has 0 fully saturated rings. The summed E-state index contributed by atoms with van der Waals surface area (Å²) in [5.41, 5.74) is -2.83. The predicted molar refractivity (Wildman–Crippen MR) is 78.3 cm³/mol. The fourth-order valence-electron chi connectivity index (χ4n) is 2.41. The Kier molecular flexibility index (Phi) is 6.20. The Bertz CT molecular complexity index is 703. The van der Waals surface area contributed by atoms with Gasteiger partial charge in [0.2, 0.25) is 5.76 Å². The van der Waals surface area contributed by atoms with Crippen LogP contribution >= 0.6 is 0 Å². The van der Waals surface area contributed by atoms with E-state index in [2.05, 4.69) is 16.4 Å². The standard InChI is InChI=1S/C14H16O12/c1-5(2)11(19)24-4-3-14(13(21)26-23)6(12(20)25-22)7(15)8(16)9(17)10(14)18/h6,15-18,22-23H,1,3-4H2,2H3. The normalized spacial score (nSPS) is 22.7. The second kappa shape index (κ2) is 7.76. The van der Waals surface area contributed by atoms with E-state index in [1.807, 2.05) is 0 Å². The van der Waals surface area contributed by atoms with E-state index in [9.17, 15) is 34.8 Å². The van der Waals surface area contributed by atoms with Crippen molar-refractivity contribution in [2.75, 3.05) is 6.61 Å². The quantitative estimate of drug-likeness (QED) is 0.125. The molecule has 0 aromatic heterocycles. The van der Waals surface area contributed by atoms with E-state index in [-0.39, 0.29) is 5.57 Å². The number of hydrogen-bond donors (Lipinski definition) is 6. The maximum atomic E-state index is 12.1. The number of carbonyl (C=O) groups is 3. The highest BCUT2D eigenvalue weighted by Gasteiger charge is 2.62. The maximum absolute atomic E-state index is 12.1. The third kappa shape index (κ3) is 3.27. The summed E-state index contributed by atoms with van der Waals surface area (Å²) in [5, 5.41) is 56.6. The molecule has 0 radical (unpaired) electrons. The van der Waals surface area contributed by atoms with Gasteiger partial charge in [0.25, 0.3) is 0 Å². The van der Waals surface area contributed by atoms with Crippen molar-refractivity contribution in [1.29, 1.82) is 0 Å². The molecule has 0 aromatic rings. The molecule has 1 aliphatic rings. The molecule has 26 heavy (non-hydrogen) atoms. The Morgan fingerprint density at radius 1 is 1.08 bits per heavy atom. The van der Waals surface area contributed by atoms with Crippen molar-refractivity contribution in [2.24, 2.45) is 11.3 Å². The summed E-state index contributed by atoms with van der Waals surface area (Å²) < 4.78 is 4.72. The van der Waals surface area contributed by atoms with Gasteiger partial charge in [-0.05, 0) is 6.92 Å². The van der Waals surface area contributed by atoms with Gasteiger partial charge in [-0.3, -0.25) is 4.89 Å². The number of aliphatic hydroxyl groups excluding tert-OH is 4. The van der Waals surface area contributed by atoms with Gasteiger partial charge >= 0.3 is 17.9 Å². The first-order valence-corrected chi connectivity index (χ1v) is 6.85. The topological polar surface area (TPSA) is 200 Å². The van der Waals surface area contributed by atoms with Gasteiger partial charge in [-0.15, -0.1) is 0 Å². The molecule has 0 bridgehead atoms. The zero-order valence-corrected chi connectivity index (χ0v) is 13.3.